The molecule has 0 amide bonds. The highest BCUT2D eigenvalue weighted by atomic mass is 17.0. The molecule has 0 rings (SSSR count). The molecule has 0 atom stereocenters. The number of hydrogen-bond donors (Lipinski definition) is 0. The number of hydrogen-bond acceptors (Lipinski definition) is 5. The Hall–Kier alpha value is -0.720. The molecule has 19 heavy (non-hydrogen) atoms. The van der Waals surface area contributed by atoms with Gasteiger partial charge in [-0.3, -0.25) is 4.74 Å². The first kappa shape index (κ1) is 18.3. The standard InChI is InChI=1S/C14H26O5/c1-7-9-11-13(15-3,16-4)19-14(17-5,18-6)12-10-8-2/h7-10H,11-12H2,1-6H3. The number of allylic oxidation sites excluding steroid dienone is 2. The summed E-state index contributed by atoms with van der Waals surface area (Å²) in [6, 6.07) is 0. The minimum Gasteiger partial charge on any atom is -0.330 e. The Morgan fingerprint density at radius 1 is 0.684 bits per heavy atom. The van der Waals surface area contributed by atoms with Crippen LogP contribution in [0.15, 0.2) is 24.3 Å². The first-order valence-corrected chi connectivity index (χ1v) is 6.20. The summed E-state index contributed by atoms with van der Waals surface area (Å²) in [7, 11) is 6.05. The topological polar surface area (TPSA) is 46.2 Å². The van der Waals surface area contributed by atoms with E-state index >= 15 is 0 Å². The van der Waals surface area contributed by atoms with Crippen LogP contribution in [-0.2, 0) is 23.7 Å². The van der Waals surface area contributed by atoms with Gasteiger partial charge in [0.1, 0.15) is 0 Å². The van der Waals surface area contributed by atoms with E-state index in [9.17, 15) is 0 Å². The SMILES string of the molecule is CC=CCC(OC)(OC)OC(CC=CC)(OC)OC. The van der Waals surface area contributed by atoms with E-state index in [1.807, 2.05) is 38.2 Å². The number of ether oxygens (including phenoxy) is 5. The van der Waals surface area contributed by atoms with Gasteiger partial charge in [0.2, 0.25) is 0 Å². The maximum atomic E-state index is 5.84. The molecular weight excluding hydrogens is 248 g/mol. The lowest BCUT2D eigenvalue weighted by atomic mass is 10.3. The molecule has 0 spiro atoms. The molecule has 0 unspecified atom stereocenters. The van der Waals surface area contributed by atoms with Crippen molar-refractivity contribution in [3.05, 3.63) is 24.3 Å². The van der Waals surface area contributed by atoms with Gasteiger partial charge in [-0.25, -0.2) is 0 Å². The summed E-state index contributed by atoms with van der Waals surface area (Å²) < 4.78 is 27.2. The van der Waals surface area contributed by atoms with E-state index in [2.05, 4.69) is 0 Å². The Kier molecular flexibility index (Phi) is 8.88. The van der Waals surface area contributed by atoms with E-state index in [1.54, 1.807) is 0 Å². The molecule has 5 heteroatoms. The van der Waals surface area contributed by atoms with Crippen LogP contribution in [0.4, 0.5) is 0 Å². The maximum Gasteiger partial charge on any atom is 0.290 e. The van der Waals surface area contributed by atoms with Gasteiger partial charge in [-0.15, -0.1) is 0 Å². The van der Waals surface area contributed by atoms with Crippen molar-refractivity contribution in [1.82, 2.24) is 0 Å². The summed E-state index contributed by atoms with van der Waals surface area (Å²) in [6.45, 7) is 3.82. The number of methoxy groups -OCH3 is 4. The lowest BCUT2D eigenvalue weighted by Crippen LogP contribution is -2.49. The summed E-state index contributed by atoms with van der Waals surface area (Å²) in [6.07, 6.45) is 8.39. The molecule has 0 heterocycles. The summed E-state index contributed by atoms with van der Waals surface area (Å²) in [5.41, 5.74) is 0. The van der Waals surface area contributed by atoms with Crippen molar-refractivity contribution in [3.63, 3.8) is 0 Å². The summed E-state index contributed by atoms with van der Waals surface area (Å²) in [4.78, 5) is 0. The van der Waals surface area contributed by atoms with Crippen molar-refractivity contribution in [3.8, 4) is 0 Å². The van der Waals surface area contributed by atoms with Crippen molar-refractivity contribution in [2.24, 2.45) is 0 Å². The molecule has 0 aliphatic heterocycles. The van der Waals surface area contributed by atoms with E-state index < -0.39 is 11.9 Å². The third-order valence-corrected chi connectivity index (χ3v) is 2.76. The monoisotopic (exact) mass is 274 g/mol. The van der Waals surface area contributed by atoms with E-state index in [0.717, 1.165) is 0 Å². The molecule has 0 aromatic heterocycles. The predicted molar refractivity (Wildman–Crippen MR) is 73.4 cm³/mol. The average Bonchev–Trinajstić information content (AvgIpc) is 2.48. The van der Waals surface area contributed by atoms with Gasteiger partial charge in [0.15, 0.2) is 0 Å². The fourth-order valence-electron chi connectivity index (χ4n) is 1.51. The van der Waals surface area contributed by atoms with Crippen molar-refractivity contribution >= 4 is 0 Å². The molecule has 0 saturated heterocycles. The van der Waals surface area contributed by atoms with Crippen LogP contribution >= 0.6 is 0 Å². The van der Waals surface area contributed by atoms with Crippen molar-refractivity contribution in [2.75, 3.05) is 28.4 Å². The third kappa shape index (κ3) is 5.42. The first-order chi connectivity index (χ1) is 9.07. The zero-order chi connectivity index (χ0) is 14.8. The lowest BCUT2D eigenvalue weighted by Gasteiger charge is -2.38. The Morgan fingerprint density at radius 2 is 1.00 bits per heavy atom. The zero-order valence-electron chi connectivity index (χ0n) is 12.8. The third-order valence-electron chi connectivity index (χ3n) is 2.76. The summed E-state index contributed by atoms with van der Waals surface area (Å²) in [5.74, 6) is -2.50. The molecule has 0 aromatic rings. The molecule has 0 N–H and O–H groups in total. The van der Waals surface area contributed by atoms with Crippen LogP contribution in [0.25, 0.3) is 0 Å². The van der Waals surface area contributed by atoms with Gasteiger partial charge in [0, 0.05) is 41.3 Å². The van der Waals surface area contributed by atoms with E-state index in [0.29, 0.717) is 12.8 Å². The molecule has 0 aromatic carbocycles. The lowest BCUT2D eigenvalue weighted by molar-refractivity contribution is -0.486. The van der Waals surface area contributed by atoms with Crippen LogP contribution in [0.5, 0.6) is 0 Å². The van der Waals surface area contributed by atoms with Gasteiger partial charge in [-0.1, -0.05) is 24.3 Å². The highest BCUT2D eigenvalue weighted by molar-refractivity contribution is 4.85. The summed E-state index contributed by atoms with van der Waals surface area (Å²) in [5, 5.41) is 0. The molecule has 0 saturated carbocycles. The maximum absolute atomic E-state index is 5.84. The van der Waals surface area contributed by atoms with Crippen LogP contribution < -0.4 is 0 Å². The Bertz CT molecular complexity index is 250. The number of rotatable bonds is 10. The van der Waals surface area contributed by atoms with Crippen LogP contribution in [0, 0.1) is 0 Å². The summed E-state index contributed by atoms with van der Waals surface area (Å²) >= 11 is 0. The molecule has 112 valence electrons. The van der Waals surface area contributed by atoms with Crippen molar-refractivity contribution in [1.29, 1.82) is 0 Å². The largest absolute Gasteiger partial charge is 0.330 e. The quantitative estimate of drug-likeness (QED) is 0.453. The molecule has 0 aliphatic rings. The zero-order valence-corrected chi connectivity index (χ0v) is 12.8. The second-order valence-electron chi connectivity index (χ2n) is 3.83. The van der Waals surface area contributed by atoms with Crippen LogP contribution in [0.1, 0.15) is 26.7 Å². The van der Waals surface area contributed by atoms with Gasteiger partial charge in [0.25, 0.3) is 11.9 Å². The molecule has 0 fully saturated rings. The van der Waals surface area contributed by atoms with E-state index in [4.69, 9.17) is 23.7 Å². The fourth-order valence-corrected chi connectivity index (χ4v) is 1.51. The molecule has 0 aliphatic carbocycles. The molecule has 0 radical (unpaired) electrons. The van der Waals surface area contributed by atoms with Gasteiger partial charge in [-0.05, 0) is 13.8 Å². The minimum atomic E-state index is -1.25. The Morgan fingerprint density at radius 3 is 1.21 bits per heavy atom. The molecule has 0 bridgehead atoms. The fraction of sp³-hybridized carbons (Fsp3) is 0.714. The minimum absolute atomic E-state index is 0.417. The highest BCUT2D eigenvalue weighted by Gasteiger charge is 2.42. The molecule has 5 nitrogen and oxygen atoms in total. The van der Waals surface area contributed by atoms with Gasteiger partial charge >= 0.3 is 0 Å². The van der Waals surface area contributed by atoms with Crippen LogP contribution in [0.3, 0.4) is 0 Å². The van der Waals surface area contributed by atoms with E-state index in [-0.39, 0.29) is 0 Å². The van der Waals surface area contributed by atoms with Crippen molar-refractivity contribution < 1.29 is 23.7 Å². The average molecular weight is 274 g/mol. The second kappa shape index (κ2) is 9.23. The second-order valence-corrected chi connectivity index (χ2v) is 3.83. The van der Waals surface area contributed by atoms with Gasteiger partial charge in [-0.2, -0.15) is 0 Å². The Labute approximate surface area is 116 Å². The first-order valence-electron chi connectivity index (χ1n) is 6.20. The van der Waals surface area contributed by atoms with Gasteiger partial charge in [0.05, 0.1) is 0 Å². The van der Waals surface area contributed by atoms with Gasteiger partial charge < -0.3 is 18.9 Å². The normalized spacial score (nSPS) is 13.8. The molecular formula is C14H26O5. The van der Waals surface area contributed by atoms with Crippen LogP contribution in [-0.4, -0.2) is 40.4 Å². The van der Waals surface area contributed by atoms with E-state index in [1.165, 1.54) is 28.4 Å². The smallest absolute Gasteiger partial charge is 0.290 e. The van der Waals surface area contributed by atoms with Crippen molar-refractivity contribution in [2.45, 2.75) is 38.6 Å². The predicted octanol–water partition coefficient (Wildman–Crippen LogP) is 2.83. The highest BCUT2D eigenvalue weighted by Crippen LogP contribution is 2.30. The Balaban J connectivity index is 5.11. The van der Waals surface area contributed by atoms with Crippen LogP contribution in [0.2, 0.25) is 0 Å².